The smallest absolute Gasteiger partial charge is 0.389 e. The molecule has 0 bridgehead atoms. The van der Waals surface area contributed by atoms with Gasteiger partial charge >= 0.3 is 10.5 Å². The van der Waals surface area contributed by atoms with Gasteiger partial charge in [-0.15, -0.1) is 0 Å². The SMILES string of the molecule is O=c1o[n-][s+]c1-c1cc(F)cc(F)c1. The van der Waals surface area contributed by atoms with Crippen molar-refractivity contribution < 1.29 is 13.3 Å². The summed E-state index contributed by atoms with van der Waals surface area (Å²) in [5, 5.41) is 0. The summed E-state index contributed by atoms with van der Waals surface area (Å²) in [5.74, 6) is -1.49. The second kappa shape index (κ2) is 3.30. The van der Waals surface area contributed by atoms with Gasteiger partial charge in [-0.1, -0.05) is 0 Å². The van der Waals surface area contributed by atoms with Gasteiger partial charge in [-0.2, -0.15) is 0 Å². The molecule has 1 aromatic carbocycles. The summed E-state index contributed by atoms with van der Waals surface area (Å²) in [7, 11) is 0. The third kappa shape index (κ3) is 1.56. The lowest BCUT2D eigenvalue weighted by Crippen LogP contribution is -1.96. The Labute approximate surface area is 80.7 Å². The highest BCUT2D eigenvalue weighted by molar-refractivity contribution is 7.08. The van der Waals surface area contributed by atoms with E-state index in [9.17, 15) is 13.6 Å². The van der Waals surface area contributed by atoms with Gasteiger partial charge in [0.25, 0.3) is 0 Å². The number of benzene rings is 1. The summed E-state index contributed by atoms with van der Waals surface area (Å²) >= 11 is 0.758. The first-order valence-electron chi connectivity index (χ1n) is 3.59. The molecule has 0 unspecified atom stereocenters. The van der Waals surface area contributed by atoms with Crippen molar-refractivity contribution in [2.24, 2.45) is 0 Å². The van der Waals surface area contributed by atoms with E-state index in [4.69, 9.17) is 0 Å². The van der Waals surface area contributed by atoms with E-state index >= 15 is 0 Å². The Morgan fingerprint density at radius 2 is 1.86 bits per heavy atom. The molecule has 1 aromatic heterocycles. The van der Waals surface area contributed by atoms with Gasteiger partial charge in [-0.05, 0) is 12.1 Å². The molecular weight excluding hydrogens is 212 g/mol. The van der Waals surface area contributed by atoms with Crippen molar-refractivity contribution in [1.29, 1.82) is 0 Å². The molecule has 6 heteroatoms. The van der Waals surface area contributed by atoms with Gasteiger partial charge in [0.15, 0.2) is 11.5 Å². The lowest BCUT2D eigenvalue weighted by atomic mass is 10.2. The Morgan fingerprint density at radius 3 is 2.36 bits per heavy atom. The maximum Gasteiger partial charge on any atom is 0.389 e. The van der Waals surface area contributed by atoms with Gasteiger partial charge in [0.1, 0.15) is 11.6 Å². The van der Waals surface area contributed by atoms with E-state index in [2.05, 4.69) is 9.07 Å². The quantitative estimate of drug-likeness (QED) is 0.682. The van der Waals surface area contributed by atoms with Crippen LogP contribution in [-0.4, -0.2) is 0 Å². The highest BCUT2D eigenvalue weighted by atomic mass is 32.1. The monoisotopic (exact) mass is 215 g/mol. The minimum atomic E-state index is -0.743. The maximum absolute atomic E-state index is 12.8. The fourth-order valence-electron chi connectivity index (χ4n) is 1.02. The van der Waals surface area contributed by atoms with Crippen molar-refractivity contribution in [3.05, 3.63) is 40.3 Å². The molecule has 0 aliphatic carbocycles. The highest BCUT2D eigenvalue weighted by Gasteiger charge is 2.15. The van der Waals surface area contributed by atoms with Crippen molar-refractivity contribution in [2.75, 3.05) is 0 Å². The third-order valence-corrected chi connectivity index (χ3v) is 2.29. The van der Waals surface area contributed by atoms with Crippen molar-refractivity contribution >= 4 is 11.5 Å². The highest BCUT2D eigenvalue weighted by Crippen LogP contribution is 2.20. The molecule has 0 radical (unpaired) electrons. The molecule has 0 fully saturated rings. The Bertz CT molecular complexity index is 500. The van der Waals surface area contributed by atoms with Gasteiger partial charge in [0.2, 0.25) is 0 Å². The number of hydrogen-bond acceptors (Lipinski definition) is 2. The van der Waals surface area contributed by atoms with Gasteiger partial charge in [-0.3, -0.25) is 0 Å². The molecule has 2 rings (SSSR count). The van der Waals surface area contributed by atoms with Crippen LogP contribution < -0.4 is 10.2 Å². The number of halogens is 2. The number of hydrogen-bond donors (Lipinski definition) is 0. The first-order valence-corrected chi connectivity index (χ1v) is 4.36. The van der Waals surface area contributed by atoms with Crippen molar-refractivity contribution in [2.45, 2.75) is 0 Å². The minimum Gasteiger partial charge on any atom is -0.476 e. The van der Waals surface area contributed by atoms with Crippen molar-refractivity contribution in [1.82, 2.24) is 4.55 Å². The summed E-state index contributed by atoms with van der Waals surface area (Å²) in [6.45, 7) is 0. The van der Waals surface area contributed by atoms with E-state index in [1.54, 1.807) is 0 Å². The van der Waals surface area contributed by atoms with E-state index < -0.39 is 17.3 Å². The largest absolute Gasteiger partial charge is 0.476 e. The molecule has 0 aliphatic heterocycles. The first kappa shape index (κ1) is 9.01. The molecule has 3 nitrogen and oxygen atoms in total. The predicted molar refractivity (Wildman–Crippen MR) is 45.9 cm³/mol. The Hall–Kier alpha value is -1.56. The lowest BCUT2D eigenvalue weighted by molar-refractivity contribution is 0.396. The van der Waals surface area contributed by atoms with Gasteiger partial charge < -0.3 is 4.52 Å². The summed E-state index contributed by atoms with van der Waals surface area (Å²) in [6, 6.07) is 2.83. The third-order valence-electron chi connectivity index (χ3n) is 1.56. The zero-order valence-electron chi connectivity index (χ0n) is 6.66. The first-order chi connectivity index (χ1) is 6.66. The second-order valence-electron chi connectivity index (χ2n) is 2.53. The van der Waals surface area contributed by atoms with E-state index in [1.807, 2.05) is 0 Å². The predicted octanol–water partition coefficient (Wildman–Crippen LogP) is 1.88. The Kier molecular flexibility index (Phi) is 2.12. The normalized spacial score (nSPS) is 10.4. The van der Waals surface area contributed by atoms with Crippen LogP contribution in [0.1, 0.15) is 0 Å². The zero-order chi connectivity index (χ0) is 10.1. The average molecular weight is 215 g/mol. The lowest BCUT2D eigenvalue weighted by Gasteiger charge is -1.92. The molecular formula is C8H3F2NO2S. The van der Waals surface area contributed by atoms with E-state index in [-0.39, 0.29) is 10.4 Å². The average Bonchev–Trinajstić information content (AvgIpc) is 2.49. The minimum absolute atomic E-state index is 0.0865. The van der Waals surface area contributed by atoms with Crippen LogP contribution in [0.3, 0.4) is 0 Å². The topological polar surface area (TPSA) is 44.3 Å². The summed E-state index contributed by atoms with van der Waals surface area (Å²) in [4.78, 5) is 11.1. The van der Waals surface area contributed by atoms with Gasteiger partial charge in [0.05, 0.1) is 5.56 Å². The van der Waals surface area contributed by atoms with Crippen LogP contribution in [-0.2, 0) is 0 Å². The van der Waals surface area contributed by atoms with Crippen LogP contribution >= 0.6 is 11.5 Å². The van der Waals surface area contributed by atoms with Gasteiger partial charge in [-0.25, -0.2) is 18.1 Å². The van der Waals surface area contributed by atoms with E-state index in [1.165, 1.54) is 0 Å². The molecule has 0 amide bonds. The van der Waals surface area contributed by atoms with Crippen LogP contribution in [0.4, 0.5) is 8.78 Å². The Morgan fingerprint density at radius 1 is 1.21 bits per heavy atom. The van der Waals surface area contributed by atoms with Crippen molar-refractivity contribution in [3.63, 3.8) is 0 Å². The van der Waals surface area contributed by atoms with Crippen LogP contribution in [0.25, 0.3) is 10.4 Å². The molecule has 0 spiro atoms. The van der Waals surface area contributed by atoms with Crippen LogP contribution in [0.2, 0.25) is 0 Å². The molecule has 14 heavy (non-hydrogen) atoms. The van der Waals surface area contributed by atoms with Crippen LogP contribution in [0.5, 0.6) is 0 Å². The molecule has 0 N–H and O–H groups in total. The standard InChI is InChI=1S/C8H3F2NO2S/c9-5-1-4(2-6(10)3-5)7-8(12)13-11-14-7/h1-3H. The molecule has 1 heterocycles. The summed E-state index contributed by atoms with van der Waals surface area (Å²) in [5.41, 5.74) is -0.557. The maximum atomic E-state index is 12.8. The Balaban J connectivity index is 2.63. The van der Waals surface area contributed by atoms with Crippen LogP contribution in [0.15, 0.2) is 27.5 Å². The molecule has 0 saturated heterocycles. The number of nitrogens with zero attached hydrogens (tertiary/aromatic N) is 1. The number of rotatable bonds is 1. The zero-order valence-corrected chi connectivity index (χ0v) is 7.48. The van der Waals surface area contributed by atoms with E-state index in [0.29, 0.717) is 0 Å². The fourth-order valence-corrected chi connectivity index (χ4v) is 1.54. The van der Waals surface area contributed by atoms with Crippen molar-refractivity contribution in [3.8, 4) is 10.4 Å². The summed E-state index contributed by atoms with van der Waals surface area (Å²) in [6.07, 6.45) is 0. The summed E-state index contributed by atoms with van der Waals surface area (Å²) < 4.78 is 33.1. The molecule has 0 atom stereocenters. The second-order valence-corrected chi connectivity index (χ2v) is 3.27. The van der Waals surface area contributed by atoms with Crippen LogP contribution in [0, 0.1) is 11.6 Å². The molecule has 72 valence electrons. The number of aromatic nitrogens is 1. The molecule has 2 aromatic rings. The molecule has 0 aliphatic rings. The molecule has 0 saturated carbocycles. The van der Waals surface area contributed by atoms with Gasteiger partial charge in [0, 0.05) is 6.07 Å². The fraction of sp³-hybridized carbons (Fsp3) is 0. The van der Waals surface area contributed by atoms with E-state index in [0.717, 1.165) is 29.7 Å².